The highest BCUT2D eigenvalue weighted by Crippen LogP contribution is 2.44. The molecule has 2 aromatic rings. The van der Waals surface area contributed by atoms with Crippen molar-refractivity contribution in [2.24, 2.45) is 0 Å². The predicted molar refractivity (Wildman–Crippen MR) is 340 cm³/mol. The van der Waals surface area contributed by atoms with Gasteiger partial charge in [-0.15, -0.1) is 12.8 Å². The van der Waals surface area contributed by atoms with Gasteiger partial charge in [0, 0.05) is 60.4 Å². The zero-order valence-electron chi connectivity index (χ0n) is 55.9. The van der Waals surface area contributed by atoms with Gasteiger partial charge < -0.3 is 75.3 Å². The molecule has 5 heterocycles. The van der Waals surface area contributed by atoms with Crippen LogP contribution in [0.3, 0.4) is 0 Å². The van der Waals surface area contributed by atoms with Crippen LogP contribution in [0.25, 0.3) is 0 Å². The summed E-state index contributed by atoms with van der Waals surface area (Å²) in [5, 5.41) is 0.476. The molecule has 7 rings (SSSR count). The summed E-state index contributed by atoms with van der Waals surface area (Å²) in [7, 11) is -1.54. The Morgan fingerprint density at radius 1 is 0.409 bits per heavy atom. The molecule has 10 atom stereocenters. The zero-order valence-corrected chi connectivity index (χ0v) is 56.6. The van der Waals surface area contributed by atoms with Crippen molar-refractivity contribution in [3.63, 3.8) is 0 Å². The molecule has 5 fully saturated rings. The van der Waals surface area contributed by atoms with E-state index in [1.165, 1.54) is 55.4 Å². The van der Waals surface area contributed by atoms with Crippen LogP contribution in [-0.4, -0.2) is 165 Å². The summed E-state index contributed by atoms with van der Waals surface area (Å²) in [6.45, 7) is 33.0. The molecule has 0 aromatic heterocycles. The summed E-state index contributed by atoms with van der Waals surface area (Å²) < 4.78 is 91.1. The molecule has 0 spiro atoms. The molecule has 5 saturated heterocycles. The molecule has 24 nitrogen and oxygen atoms in total. The lowest BCUT2D eigenvalue weighted by atomic mass is 9.49. The summed E-state index contributed by atoms with van der Waals surface area (Å²) in [4.78, 5) is 94.1. The van der Waals surface area contributed by atoms with Crippen LogP contribution >= 0.6 is 11.6 Å². The SMILES string of the molecule is C.C#CC#CC#C.CC(=O)OC[C@H]1O[C@@H](c2ccc(B3OC(C)(C)C(C)(C)O3)cc2)[C@H](OC(C)=O)[C@@H](OC(C)=O)[C@@H]1OC(C)=O.CC(=O)OC[C@H]1O[C@@H](c2ccc(Cl)cc2)[C@H](OC(C)=O)[C@@H](OC(C)=O)[C@@H]1OC(C)=O.CC1(C)OB(B2OC(C)(C)C(C)(C)O2)OC1(C)C. The van der Waals surface area contributed by atoms with Gasteiger partial charge in [-0.25, -0.2) is 0 Å². The van der Waals surface area contributed by atoms with E-state index >= 15 is 0 Å². The Hall–Kier alpha value is -6.96. The topological polar surface area (TPSA) is 284 Å². The average molecular weight is 1320 g/mol. The van der Waals surface area contributed by atoms with Crippen molar-refractivity contribution in [3.05, 3.63) is 64.7 Å². The summed E-state index contributed by atoms with van der Waals surface area (Å²) in [6.07, 6.45) is -1.62. The molecule has 5 aliphatic heterocycles. The van der Waals surface area contributed by atoms with Gasteiger partial charge in [0.25, 0.3) is 0 Å². The molecule has 0 bridgehead atoms. The van der Waals surface area contributed by atoms with Crippen LogP contribution in [0, 0.1) is 36.5 Å². The molecule has 5 aliphatic rings. The first-order valence-corrected chi connectivity index (χ1v) is 29.8. The second-order valence-corrected chi connectivity index (χ2v) is 25.3. The molecule has 28 heteroatoms. The van der Waals surface area contributed by atoms with Crippen LogP contribution in [0.15, 0.2) is 48.5 Å². The molecule has 93 heavy (non-hydrogen) atoms. The van der Waals surface area contributed by atoms with Gasteiger partial charge in [-0.05, 0) is 135 Å². The maximum atomic E-state index is 12.1. The lowest BCUT2D eigenvalue weighted by molar-refractivity contribution is -0.254. The zero-order chi connectivity index (χ0) is 69.6. The monoisotopic (exact) mass is 1320 g/mol. The fourth-order valence-electron chi connectivity index (χ4n) is 9.54. The highest BCUT2D eigenvalue weighted by molar-refractivity contribution is 7.11. The van der Waals surface area contributed by atoms with E-state index in [-0.39, 0.29) is 43.0 Å². The molecule has 0 saturated carbocycles. The fraction of sp³-hybridized carbons (Fsp3) is 0.600. The number of hydrogen-bond acceptors (Lipinski definition) is 24. The molecule has 0 aliphatic carbocycles. The summed E-state index contributed by atoms with van der Waals surface area (Å²) in [5.41, 5.74) is -0.574. The number of halogens is 1. The predicted octanol–water partition coefficient (Wildman–Crippen LogP) is 7.06. The average Bonchev–Trinajstić information content (AvgIpc) is 1.71. The minimum atomic E-state index is -1.23. The molecule has 2 aromatic carbocycles. The van der Waals surface area contributed by atoms with Gasteiger partial charge in [0.1, 0.15) is 37.6 Å². The smallest absolute Gasteiger partial charge is 0.463 e. The number of ether oxygens (including phenoxy) is 10. The number of terminal acetylenes is 2. The Morgan fingerprint density at radius 2 is 0.667 bits per heavy atom. The summed E-state index contributed by atoms with van der Waals surface area (Å²) in [6, 6.07) is 13.6. The number of hydrogen-bond donors (Lipinski definition) is 0. The van der Waals surface area contributed by atoms with E-state index in [9.17, 15) is 38.4 Å². The van der Waals surface area contributed by atoms with Crippen LogP contribution in [0.5, 0.6) is 0 Å². The third-order valence-corrected chi connectivity index (χ3v) is 16.2. The van der Waals surface area contributed by atoms with Crippen LogP contribution < -0.4 is 5.46 Å². The van der Waals surface area contributed by atoms with Gasteiger partial charge in [-0.2, -0.15) is 0 Å². The van der Waals surface area contributed by atoms with Crippen molar-refractivity contribution in [2.75, 3.05) is 13.2 Å². The third-order valence-electron chi connectivity index (χ3n) is 15.9. The van der Waals surface area contributed by atoms with Gasteiger partial charge in [0.2, 0.25) is 0 Å². The number of carbonyl (C=O) groups excluding carboxylic acids is 8. The van der Waals surface area contributed by atoms with Crippen LogP contribution in [0.1, 0.15) is 169 Å². The van der Waals surface area contributed by atoms with Crippen molar-refractivity contribution in [3.8, 4) is 36.5 Å². The number of carbonyl (C=O) groups is 8. The Balaban J connectivity index is 0.000000363. The first-order chi connectivity index (χ1) is 42.5. The molecule has 0 unspecified atom stereocenters. The quantitative estimate of drug-likeness (QED) is 0.0791. The minimum absolute atomic E-state index is 0. The number of benzene rings is 2. The van der Waals surface area contributed by atoms with Crippen molar-refractivity contribution in [1.82, 2.24) is 0 Å². The Morgan fingerprint density at radius 3 is 0.935 bits per heavy atom. The van der Waals surface area contributed by atoms with E-state index in [2.05, 4.69) is 23.7 Å². The molecular formula is C65H88B3ClO24. The molecule has 0 radical (unpaired) electrons. The van der Waals surface area contributed by atoms with E-state index in [4.69, 9.17) is 99.7 Å². The lowest BCUT2D eigenvalue weighted by Gasteiger charge is -2.44. The normalized spacial score (nSPS) is 26.0. The van der Waals surface area contributed by atoms with Crippen molar-refractivity contribution < 1.29 is 114 Å². The highest BCUT2D eigenvalue weighted by Gasteiger charge is 2.64. The largest absolute Gasteiger partial charge is 0.494 e. The van der Waals surface area contributed by atoms with Gasteiger partial charge in [0.15, 0.2) is 36.6 Å². The maximum Gasteiger partial charge on any atom is 0.494 e. The van der Waals surface area contributed by atoms with Crippen LogP contribution in [-0.2, 0) is 114 Å². The van der Waals surface area contributed by atoms with Crippen molar-refractivity contribution in [1.29, 1.82) is 0 Å². The molecular weight excluding hydrogens is 1230 g/mol. The number of esters is 8. The Labute approximate surface area is 552 Å². The summed E-state index contributed by atoms with van der Waals surface area (Å²) in [5.74, 6) is 3.41. The van der Waals surface area contributed by atoms with Crippen LogP contribution in [0.2, 0.25) is 5.02 Å². The standard InChI is InChI=1S/C26H35BO11.C20H23ClO9.C12H24B2O4.C6H2.CH4/c1-14(28)32-13-20-22(33-15(2)29)24(35-17(4)31)23(34-16(3)30)21(36-20)18-9-11-19(12-10-18)27-37-25(5,6)26(7,8)38-27;1-10(22)26-9-16-18(27-11(2)23)20(29-13(4)25)19(28-12(3)24)17(30-16)14-5-7-15(21)8-6-14;1-9(2)10(3,4)16-13(15-9)14-17-11(5,6)12(7,8)18-14;1-3-5-6-4-2;/h9-12,20-24H,13H2,1-8H3;5-8,16-20H,9H2,1-4H3;1-8H3;1-2H;1H4/t20-,21+,22-,23+,24+;16-,17+,18-,19+,20+;;;/m11.../s1. The summed E-state index contributed by atoms with van der Waals surface area (Å²) >= 11 is 5.95. The Bertz CT molecular complexity index is 3000. The molecule has 508 valence electrons. The minimum Gasteiger partial charge on any atom is -0.463 e. The van der Waals surface area contributed by atoms with Gasteiger partial charge in [0.05, 0.1) is 33.6 Å². The first kappa shape index (κ1) is 80.3. The van der Waals surface area contributed by atoms with E-state index in [0.717, 1.165) is 5.46 Å². The third kappa shape index (κ3) is 22.1. The lowest BCUT2D eigenvalue weighted by Crippen LogP contribution is -2.59. The fourth-order valence-corrected chi connectivity index (χ4v) is 9.67. The van der Waals surface area contributed by atoms with E-state index in [1.54, 1.807) is 48.5 Å². The van der Waals surface area contributed by atoms with Gasteiger partial charge >= 0.3 is 68.9 Å². The molecule has 0 amide bonds. The van der Waals surface area contributed by atoms with E-state index in [1.807, 2.05) is 83.1 Å². The maximum absolute atomic E-state index is 12.1. The van der Waals surface area contributed by atoms with E-state index < -0.39 is 141 Å². The second-order valence-electron chi connectivity index (χ2n) is 24.8. The van der Waals surface area contributed by atoms with Crippen molar-refractivity contribution in [2.45, 2.75) is 241 Å². The van der Waals surface area contributed by atoms with Gasteiger partial charge in [-0.1, -0.05) is 55.4 Å². The van der Waals surface area contributed by atoms with Crippen LogP contribution in [0.4, 0.5) is 0 Å². The second kappa shape index (κ2) is 33.4. The van der Waals surface area contributed by atoms with Gasteiger partial charge in [-0.3, -0.25) is 38.4 Å². The highest BCUT2D eigenvalue weighted by atomic mass is 35.5. The van der Waals surface area contributed by atoms with Crippen molar-refractivity contribution >= 4 is 86.0 Å². The Kier molecular flexibility index (Phi) is 28.9. The molecule has 0 N–H and O–H groups in total. The first-order valence-electron chi connectivity index (χ1n) is 29.4. The number of rotatable bonds is 14. The van der Waals surface area contributed by atoms with E-state index in [0.29, 0.717) is 16.1 Å².